The van der Waals surface area contributed by atoms with Gasteiger partial charge in [-0.1, -0.05) is 37.4 Å². The number of aliphatic carboxylic acids is 1. The number of nitrogens with zero attached hydrogens (tertiary/aromatic N) is 1. The van der Waals surface area contributed by atoms with Crippen LogP contribution in [0.1, 0.15) is 12.5 Å². The maximum Gasteiger partial charge on any atom is 0.330 e. The van der Waals surface area contributed by atoms with Crippen LogP contribution in [0.2, 0.25) is 0 Å². The van der Waals surface area contributed by atoms with Crippen LogP contribution >= 0.6 is 0 Å². The van der Waals surface area contributed by atoms with Gasteiger partial charge in [0.15, 0.2) is 0 Å². The van der Waals surface area contributed by atoms with Crippen molar-refractivity contribution in [1.82, 2.24) is 0 Å². The number of carbonyl (C=O) groups is 1. The van der Waals surface area contributed by atoms with Crippen molar-refractivity contribution in [3.63, 3.8) is 0 Å². The van der Waals surface area contributed by atoms with Gasteiger partial charge < -0.3 is 10.0 Å². The predicted molar refractivity (Wildman–Crippen MR) is 73.3 cm³/mol. The second-order valence-corrected chi connectivity index (χ2v) is 3.74. The molecule has 0 atom stereocenters. The van der Waals surface area contributed by atoms with Gasteiger partial charge in [-0.3, -0.25) is 0 Å². The van der Waals surface area contributed by atoms with Gasteiger partial charge in [0.2, 0.25) is 0 Å². The Bertz CT molecular complexity index is 396. The number of carboxylic acids is 1. The van der Waals surface area contributed by atoms with Gasteiger partial charge in [0.05, 0.1) is 0 Å². The van der Waals surface area contributed by atoms with Gasteiger partial charge in [0.25, 0.3) is 0 Å². The Kier molecular flexibility index (Phi) is 6.41. The minimum absolute atomic E-state index is 0.176. The van der Waals surface area contributed by atoms with E-state index in [-0.39, 0.29) is 5.57 Å². The van der Waals surface area contributed by atoms with Gasteiger partial charge in [-0.05, 0) is 18.6 Å². The van der Waals surface area contributed by atoms with Crippen molar-refractivity contribution in [1.29, 1.82) is 0 Å². The van der Waals surface area contributed by atoms with Gasteiger partial charge >= 0.3 is 5.97 Å². The van der Waals surface area contributed by atoms with Crippen molar-refractivity contribution in [3.8, 4) is 0 Å². The largest absolute Gasteiger partial charge is 0.478 e. The molecule has 0 spiro atoms. The minimum atomic E-state index is -0.935. The fourth-order valence-electron chi connectivity index (χ4n) is 1.07. The van der Waals surface area contributed by atoms with E-state index < -0.39 is 5.97 Å². The van der Waals surface area contributed by atoms with E-state index in [0.717, 1.165) is 0 Å². The molecule has 0 saturated carbocycles. The van der Waals surface area contributed by atoms with Crippen LogP contribution in [0.25, 0.3) is 6.08 Å². The summed E-state index contributed by atoms with van der Waals surface area (Å²) in [6, 6.07) is 8.19. The second kappa shape index (κ2) is 7.28. The van der Waals surface area contributed by atoms with Gasteiger partial charge in [-0.25, -0.2) is 4.79 Å². The number of benzene rings is 1. The molecular weight excluding hydrogens is 214 g/mol. The maximum atomic E-state index is 9.60. The Morgan fingerprint density at radius 3 is 2.12 bits per heavy atom. The first-order valence-electron chi connectivity index (χ1n) is 5.17. The third-order valence-electron chi connectivity index (χ3n) is 2.00. The molecule has 0 fully saturated rings. The van der Waals surface area contributed by atoms with E-state index >= 15 is 0 Å². The first-order valence-corrected chi connectivity index (χ1v) is 5.17. The fourth-order valence-corrected chi connectivity index (χ4v) is 1.07. The molecule has 3 nitrogen and oxygen atoms in total. The van der Waals surface area contributed by atoms with E-state index in [1.165, 1.54) is 18.2 Å². The lowest BCUT2D eigenvalue weighted by molar-refractivity contribution is -0.132. The third kappa shape index (κ3) is 5.56. The summed E-state index contributed by atoms with van der Waals surface area (Å²) in [4.78, 5) is 11.7. The maximum absolute atomic E-state index is 9.60. The monoisotopic (exact) mass is 233 g/mol. The molecule has 92 valence electrons. The molecule has 1 rings (SSSR count). The van der Waals surface area contributed by atoms with Crippen LogP contribution < -0.4 is 4.90 Å². The zero-order chi connectivity index (χ0) is 13.4. The lowest BCUT2D eigenvalue weighted by Crippen LogP contribution is -2.09. The minimum Gasteiger partial charge on any atom is -0.478 e. The molecule has 0 aliphatic rings. The van der Waals surface area contributed by atoms with Gasteiger partial charge in [-0.15, -0.1) is 0 Å². The van der Waals surface area contributed by atoms with Crippen LogP contribution in [-0.4, -0.2) is 25.2 Å². The molecule has 0 saturated heterocycles. The summed E-state index contributed by atoms with van der Waals surface area (Å²) < 4.78 is 0. The van der Waals surface area contributed by atoms with Crippen LogP contribution in [0.15, 0.2) is 43.0 Å². The zero-order valence-electron chi connectivity index (χ0n) is 10.6. The van der Waals surface area contributed by atoms with E-state index in [9.17, 15) is 4.79 Å². The molecule has 1 aromatic carbocycles. The van der Waals surface area contributed by atoms with E-state index in [4.69, 9.17) is 5.11 Å². The molecule has 0 radical (unpaired) electrons. The molecule has 1 N–H and O–H groups in total. The first kappa shape index (κ1) is 15.0. The van der Waals surface area contributed by atoms with E-state index in [0.29, 0.717) is 0 Å². The number of carboxylic acid groups (broad SMARTS) is 1. The standard InChI is InChI=1S/C10H13N.C4H6O2/c1-4-9-7-5-6-8-10(9)11(2)3;1-3(2)4(5)6/h4-8H,1H2,2-3H3;1H2,2H3,(H,5,6). The van der Waals surface area contributed by atoms with Crippen molar-refractivity contribution >= 4 is 17.7 Å². The third-order valence-corrected chi connectivity index (χ3v) is 2.00. The normalized spacial score (nSPS) is 8.65. The summed E-state index contributed by atoms with van der Waals surface area (Å²) >= 11 is 0. The molecule has 1 aromatic rings. The molecule has 0 bridgehead atoms. The Morgan fingerprint density at radius 2 is 1.82 bits per heavy atom. The lowest BCUT2D eigenvalue weighted by atomic mass is 10.1. The Labute approximate surface area is 103 Å². The predicted octanol–water partition coefficient (Wildman–Crippen LogP) is 3.04. The average Bonchev–Trinajstić information content (AvgIpc) is 2.29. The quantitative estimate of drug-likeness (QED) is 0.816. The van der Waals surface area contributed by atoms with Crippen LogP contribution in [-0.2, 0) is 4.79 Å². The van der Waals surface area contributed by atoms with Crippen molar-refractivity contribution in [2.24, 2.45) is 0 Å². The highest BCUT2D eigenvalue weighted by atomic mass is 16.4. The van der Waals surface area contributed by atoms with Crippen molar-refractivity contribution in [2.75, 3.05) is 19.0 Å². The molecule has 0 amide bonds. The highest BCUT2D eigenvalue weighted by molar-refractivity contribution is 5.84. The zero-order valence-corrected chi connectivity index (χ0v) is 10.6. The molecule has 0 aliphatic carbocycles. The van der Waals surface area contributed by atoms with Crippen LogP contribution in [0, 0.1) is 0 Å². The van der Waals surface area contributed by atoms with Crippen molar-refractivity contribution in [2.45, 2.75) is 6.92 Å². The van der Waals surface area contributed by atoms with E-state index in [1.807, 2.05) is 32.3 Å². The number of hydrogen-bond donors (Lipinski definition) is 1. The van der Waals surface area contributed by atoms with Crippen LogP contribution in [0.5, 0.6) is 0 Å². The van der Waals surface area contributed by atoms with Crippen LogP contribution in [0.3, 0.4) is 0 Å². The summed E-state index contributed by atoms with van der Waals surface area (Å²) in [5.41, 5.74) is 2.56. The summed E-state index contributed by atoms with van der Waals surface area (Å²) in [7, 11) is 4.06. The number of rotatable bonds is 3. The molecule has 3 heteroatoms. The molecule has 0 aromatic heterocycles. The highest BCUT2D eigenvalue weighted by Gasteiger charge is 1.97. The number of para-hydroxylation sites is 1. The molecule has 0 heterocycles. The topological polar surface area (TPSA) is 40.5 Å². The summed E-state index contributed by atoms with van der Waals surface area (Å²) in [6.45, 7) is 8.35. The van der Waals surface area contributed by atoms with Gasteiger partial charge in [0, 0.05) is 25.4 Å². The van der Waals surface area contributed by atoms with Gasteiger partial charge in [-0.2, -0.15) is 0 Å². The number of anilines is 1. The van der Waals surface area contributed by atoms with Gasteiger partial charge in [0.1, 0.15) is 0 Å². The Morgan fingerprint density at radius 1 is 1.35 bits per heavy atom. The fraction of sp³-hybridized carbons (Fsp3) is 0.214. The Balaban J connectivity index is 0.000000366. The SMILES string of the molecule is C=C(C)C(=O)O.C=Cc1ccccc1N(C)C. The summed E-state index contributed by atoms with van der Waals surface area (Å²) in [5, 5.41) is 7.89. The Hall–Kier alpha value is -2.03. The second-order valence-electron chi connectivity index (χ2n) is 3.74. The lowest BCUT2D eigenvalue weighted by Gasteiger charge is -2.14. The summed E-state index contributed by atoms with van der Waals surface area (Å²) in [6.07, 6.45) is 1.87. The van der Waals surface area contributed by atoms with E-state index in [1.54, 1.807) is 0 Å². The molecule has 0 unspecified atom stereocenters. The highest BCUT2D eigenvalue weighted by Crippen LogP contribution is 2.18. The molecule has 0 aliphatic heterocycles. The summed E-state index contributed by atoms with van der Waals surface area (Å²) in [5.74, 6) is -0.935. The average molecular weight is 233 g/mol. The number of hydrogen-bond acceptors (Lipinski definition) is 2. The molecule has 17 heavy (non-hydrogen) atoms. The van der Waals surface area contributed by atoms with Crippen LogP contribution in [0.4, 0.5) is 5.69 Å². The van der Waals surface area contributed by atoms with Crippen molar-refractivity contribution < 1.29 is 9.90 Å². The smallest absolute Gasteiger partial charge is 0.330 e. The first-order chi connectivity index (χ1) is 7.90. The van der Waals surface area contributed by atoms with Crippen molar-refractivity contribution in [3.05, 3.63) is 48.6 Å². The van der Waals surface area contributed by atoms with E-state index in [2.05, 4.69) is 30.2 Å². The molecular formula is C14H19NO2.